The summed E-state index contributed by atoms with van der Waals surface area (Å²) in [5.41, 5.74) is 2.82. The van der Waals surface area contributed by atoms with Gasteiger partial charge in [0.25, 0.3) is 5.91 Å². The molecular weight excluding hydrogens is 516 g/mol. The third kappa shape index (κ3) is 7.38. The number of aryl methyl sites for hydroxylation is 1. The standard InChI is InChI=1S/C27H24BrClN2O3/c1-33-25-16-21(15-24(28)26(25)34-18-20-9-11-23(29)12-10-20)14-22(17-30)27(32)31-13-5-8-19-6-3-2-4-7-19/h2-4,6-7,9-12,14-16H,5,8,13,18H2,1H3,(H,31,32)/b22-14-. The Morgan fingerprint density at radius 1 is 1.12 bits per heavy atom. The maximum atomic E-state index is 12.5. The van der Waals surface area contributed by atoms with Gasteiger partial charge in [-0.25, -0.2) is 0 Å². The Labute approximate surface area is 213 Å². The van der Waals surface area contributed by atoms with Crippen LogP contribution in [-0.4, -0.2) is 19.6 Å². The normalized spacial score (nSPS) is 10.9. The van der Waals surface area contributed by atoms with Crippen molar-refractivity contribution < 1.29 is 14.3 Å². The summed E-state index contributed by atoms with van der Waals surface area (Å²) in [5.74, 6) is 0.599. The number of halogens is 2. The Kier molecular flexibility index (Phi) is 9.57. The lowest BCUT2D eigenvalue weighted by molar-refractivity contribution is -0.117. The van der Waals surface area contributed by atoms with Crippen molar-refractivity contribution >= 4 is 39.5 Å². The predicted octanol–water partition coefficient (Wildman–Crippen LogP) is 6.35. The number of rotatable bonds is 10. The van der Waals surface area contributed by atoms with Crippen molar-refractivity contribution in [2.75, 3.05) is 13.7 Å². The number of nitriles is 1. The molecule has 0 fully saturated rings. The van der Waals surface area contributed by atoms with Crippen LogP contribution in [0.4, 0.5) is 0 Å². The number of nitrogens with one attached hydrogen (secondary N) is 1. The summed E-state index contributed by atoms with van der Waals surface area (Å²) in [7, 11) is 1.54. The molecule has 0 radical (unpaired) electrons. The molecule has 0 bridgehead atoms. The van der Waals surface area contributed by atoms with E-state index in [2.05, 4.69) is 33.4 Å². The van der Waals surface area contributed by atoms with E-state index in [9.17, 15) is 10.1 Å². The van der Waals surface area contributed by atoms with Crippen molar-refractivity contribution in [1.82, 2.24) is 5.32 Å². The lowest BCUT2D eigenvalue weighted by atomic mass is 10.1. The average Bonchev–Trinajstić information content (AvgIpc) is 2.85. The molecule has 7 heteroatoms. The van der Waals surface area contributed by atoms with Gasteiger partial charge < -0.3 is 14.8 Å². The monoisotopic (exact) mass is 538 g/mol. The molecule has 0 aliphatic rings. The first kappa shape index (κ1) is 25.4. The van der Waals surface area contributed by atoms with E-state index in [1.165, 1.54) is 18.7 Å². The lowest BCUT2D eigenvalue weighted by Gasteiger charge is -2.14. The van der Waals surface area contributed by atoms with Crippen LogP contribution in [0.15, 0.2) is 76.8 Å². The van der Waals surface area contributed by atoms with E-state index in [0.29, 0.717) is 39.7 Å². The third-order valence-corrected chi connectivity index (χ3v) is 5.84. The molecule has 5 nitrogen and oxygen atoms in total. The number of carbonyl (C=O) groups excluding carboxylic acids is 1. The van der Waals surface area contributed by atoms with Crippen LogP contribution in [0.3, 0.4) is 0 Å². The highest BCUT2D eigenvalue weighted by Gasteiger charge is 2.14. The van der Waals surface area contributed by atoms with Crippen LogP contribution in [0.25, 0.3) is 6.08 Å². The molecule has 3 aromatic carbocycles. The Hall–Kier alpha value is -3.27. The fraction of sp³-hybridized carbons (Fsp3) is 0.185. The molecule has 1 N–H and O–H groups in total. The van der Waals surface area contributed by atoms with Crippen LogP contribution in [-0.2, 0) is 17.8 Å². The minimum Gasteiger partial charge on any atom is -0.493 e. The molecule has 0 atom stereocenters. The second-order valence-electron chi connectivity index (χ2n) is 7.46. The summed E-state index contributed by atoms with van der Waals surface area (Å²) in [5, 5.41) is 13.0. The van der Waals surface area contributed by atoms with Gasteiger partial charge in [-0.3, -0.25) is 4.79 Å². The van der Waals surface area contributed by atoms with Crippen molar-refractivity contribution in [2.45, 2.75) is 19.4 Å². The zero-order valence-electron chi connectivity index (χ0n) is 18.7. The van der Waals surface area contributed by atoms with Gasteiger partial charge in [0.05, 0.1) is 11.6 Å². The number of carbonyl (C=O) groups is 1. The summed E-state index contributed by atoms with van der Waals surface area (Å²) in [6.07, 6.45) is 3.17. The van der Waals surface area contributed by atoms with Crippen molar-refractivity contribution in [3.05, 3.63) is 98.5 Å². The number of ether oxygens (including phenoxy) is 2. The first-order valence-electron chi connectivity index (χ1n) is 10.7. The van der Waals surface area contributed by atoms with Crippen LogP contribution in [0.1, 0.15) is 23.1 Å². The lowest BCUT2D eigenvalue weighted by Crippen LogP contribution is -2.25. The molecule has 1 amide bonds. The molecule has 0 saturated heterocycles. The summed E-state index contributed by atoms with van der Waals surface area (Å²) in [4.78, 5) is 12.5. The van der Waals surface area contributed by atoms with E-state index in [1.807, 2.05) is 36.4 Å². The highest BCUT2D eigenvalue weighted by Crippen LogP contribution is 2.37. The smallest absolute Gasteiger partial charge is 0.261 e. The molecular formula is C27H24BrClN2O3. The molecule has 3 aromatic rings. The van der Waals surface area contributed by atoms with E-state index in [0.717, 1.165) is 18.4 Å². The molecule has 0 aliphatic carbocycles. The van der Waals surface area contributed by atoms with Gasteiger partial charge >= 0.3 is 0 Å². The van der Waals surface area contributed by atoms with Crippen LogP contribution in [0.2, 0.25) is 5.02 Å². The number of hydrogen-bond acceptors (Lipinski definition) is 4. The fourth-order valence-corrected chi connectivity index (χ4v) is 3.95. The van der Waals surface area contributed by atoms with Gasteiger partial charge in [-0.1, -0.05) is 54.1 Å². The molecule has 0 heterocycles. The molecule has 0 spiro atoms. The summed E-state index contributed by atoms with van der Waals surface area (Å²) >= 11 is 9.44. The number of nitrogens with zero attached hydrogens (tertiary/aromatic N) is 1. The van der Waals surface area contributed by atoms with Crippen LogP contribution < -0.4 is 14.8 Å². The van der Waals surface area contributed by atoms with Crippen LogP contribution in [0, 0.1) is 11.3 Å². The number of benzene rings is 3. The minimum absolute atomic E-state index is 0.0171. The molecule has 0 aromatic heterocycles. The maximum Gasteiger partial charge on any atom is 0.261 e. The molecule has 0 saturated carbocycles. The molecule has 34 heavy (non-hydrogen) atoms. The second-order valence-corrected chi connectivity index (χ2v) is 8.75. The van der Waals surface area contributed by atoms with Crippen molar-refractivity contribution in [3.63, 3.8) is 0 Å². The van der Waals surface area contributed by atoms with Gasteiger partial charge in [0.15, 0.2) is 11.5 Å². The van der Waals surface area contributed by atoms with Gasteiger partial charge in [0, 0.05) is 11.6 Å². The number of methoxy groups -OCH3 is 1. The predicted molar refractivity (Wildman–Crippen MR) is 138 cm³/mol. The summed E-state index contributed by atoms with van der Waals surface area (Å²) in [6.45, 7) is 0.813. The summed E-state index contributed by atoms with van der Waals surface area (Å²) < 4.78 is 12.1. The second kappa shape index (κ2) is 12.8. The Bertz CT molecular complexity index is 1190. The van der Waals surface area contributed by atoms with Crippen molar-refractivity contribution in [3.8, 4) is 17.6 Å². The molecule has 174 valence electrons. The highest BCUT2D eigenvalue weighted by molar-refractivity contribution is 9.10. The maximum absolute atomic E-state index is 12.5. The van der Waals surface area contributed by atoms with E-state index in [1.54, 1.807) is 24.3 Å². The van der Waals surface area contributed by atoms with Crippen LogP contribution in [0.5, 0.6) is 11.5 Å². The van der Waals surface area contributed by atoms with Crippen LogP contribution >= 0.6 is 27.5 Å². The van der Waals surface area contributed by atoms with E-state index >= 15 is 0 Å². The third-order valence-electron chi connectivity index (χ3n) is 4.99. The van der Waals surface area contributed by atoms with E-state index in [4.69, 9.17) is 21.1 Å². The quantitative estimate of drug-likeness (QED) is 0.185. The van der Waals surface area contributed by atoms with Gasteiger partial charge in [0.2, 0.25) is 0 Å². The number of hydrogen-bond donors (Lipinski definition) is 1. The molecule has 0 aliphatic heterocycles. The fourth-order valence-electron chi connectivity index (χ4n) is 3.25. The van der Waals surface area contributed by atoms with Gasteiger partial charge in [-0.15, -0.1) is 0 Å². The first-order valence-corrected chi connectivity index (χ1v) is 11.9. The molecule has 0 unspecified atom stereocenters. The van der Waals surface area contributed by atoms with Gasteiger partial charge in [-0.2, -0.15) is 5.26 Å². The molecule has 3 rings (SSSR count). The van der Waals surface area contributed by atoms with E-state index in [-0.39, 0.29) is 5.57 Å². The number of amides is 1. The Balaban J connectivity index is 1.65. The first-order chi connectivity index (χ1) is 16.5. The van der Waals surface area contributed by atoms with Crippen molar-refractivity contribution in [1.29, 1.82) is 5.26 Å². The van der Waals surface area contributed by atoms with Gasteiger partial charge in [0.1, 0.15) is 18.2 Å². The minimum atomic E-state index is -0.409. The SMILES string of the molecule is COc1cc(/C=C(/C#N)C(=O)NCCCc2ccccc2)cc(Br)c1OCc1ccc(Cl)cc1. The highest BCUT2D eigenvalue weighted by atomic mass is 79.9. The Morgan fingerprint density at radius 3 is 2.53 bits per heavy atom. The zero-order chi connectivity index (χ0) is 24.3. The van der Waals surface area contributed by atoms with Gasteiger partial charge in [-0.05, 0) is 75.8 Å². The Morgan fingerprint density at radius 2 is 1.85 bits per heavy atom. The van der Waals surface area contributed by atoms with Crippen molar-refractivity contribution in [2.24, 2.45) is 0 Å². The summed E-state index contributed by atoms with van der Waals surface area (Å²) in [6, 6.07) is 22.9. The average molecular weight is 540 g/mol. The topological polar surface area (TPSA) is 71.3 Å². The largest absolute Gasteiger partial charge is 0.493 e. The van der Waals surface area contributed by atoms with E-state index < -0.39 is 5.91 Å². The zero-order valence-corrected chi connectivity index (χ0v) is 21.0.